The molecular weight excluding hydrogens is 757 g/mol. The molecule has 2 heterocycles. The molecule has 0 spiro atoms. The molecule has 5 heteroatoms. The fourth-order valence-electron chi connectivity index (χ4n) is 9.13. The van der Waals surface area contributed by atoms with Gasteiger partial charge in [0.25, 0.3) is 0 Å². The molecule has 292 valence electrons. The number of nitrogens with zero attached hydrogens (tertiary/aromatic N) is 4. The van der Waals surface area contributed by atoms with Crippen LogP contribution in [0.5, 0.6) is 0 Å². The van der Waals surface area contributed by atoms with Crippen LogP contribution in [0.15, 0.2) is 235 Å². The SMILES string of the molecule is c1ccc(-c2nc3ccc4ccc5ccc(N(c6ccccc6)c6cccc(N(c7ccccc7)c7ccc8c(c7)c7ccccc7n8-c7ccccc7)c6)cc5c4c3o2)cc1. The second kappa shape index (κ2) is 14.7. The first-order valence-electron chi connectivity index (χ1n) is 21.0. The molecule has 2 aromatic heterocycles. The molecule has 0 fully saturated rings. The molecular formula is C57H38N4O. The van der Waals surface area contributed by atoms with Gasteiger partial charge in [0.1, 0.15) is 5.52 Å². The Morgan fingerprint density at radius 1 is 0.371 bits per heavy atom. The minimum atomic E-state index is 0.619. The first kappa shape index (κ1) is 35.5. The molecule has 0 bridgehead atoms. The first-order chi connectivity index (χ1) is 30.7. The zero-order chi connectivity index (χ0) is 41.0. The molecule has 0 aliphatic rings. The van der Waals surface area contributed by atoms with Gasteiger partial charge in [-0.05, 0) is 125 Å². The smallest absolute Gasteiger partial charge is 0.227 e. The standard InChI is InChI=1S/C57H38N4O/c1-5-16-41(17-6-1)57-58-52-34-31-40-29-28-39-30-32-47(37-50(39)55(40)56(52)62-57)59(42-18-7-2-8-19-42)45-24-15-25-46(36-45)60(43-20-9-3-10-21-43)48-33-35-54-51(38-48)49-26-13-14-27-53(49)61(54)44-22-11-4-12-23-44/h1-38H. The summed E-state index contributed by atoms with van der Waals surface area (Å²) in [6, 6.07) is 81.7. The monoisotopic (exact) mass is 794 g/mol. The van der Waals surface area contributed by atoms with Gasteiger partial charge >= 0.3 is 0 Å². The lowest BCUT2D eigenvalue weighted by Crippen LogP contribution is -2.13. The summed E-state index contributed by atoms with van der Waals surface area (Å²) < 4.78 is 8.98. The van der Waals surface area contributed by atoms with Crippen LogP contribution in [0.2, 0.25) is 0 Å². The Kier molecular flexibility index (Phi) is 8.42. The van der Waals surface area contributed by atoms with Gasteiger partial charge in [0.15, 0.2) is 5.58 Å². The Bertz CT molecular complexity index is 3580. The predicted molar refractivity (Wildman–Crippen MR) is 258 cm³/mol. The molecule has 0 aliphatic carbocycles. The number of hydrogen-bond donors (Lipinski definition) is 0. The van der Waals surface area contributed by atoms with E-state index < -0.39 is 0 Å². The minimum absolute atomic E-state index is 0.619. The number of anilines is 6. The van der Waals surface area contributed by atoms with E-state index in [0.717, 1.165) is 78.0 Å². The average molecular weight is 795 g/mol. The molecule has 0 aliphatic heterocycles. The molecule has 10 aromatic carbocycles. The Morgan fingerprint density at radius 2 is 0.887 bits per heavy atom. The third-order valence-electron chi connectivity index (χ3n) is 11.9. The molecule has 12 rings (SSSR count). The van der Waals surface area contributed by atoms with Crippen molar-refractivity contribution in [1.29, 1.82) is 0 Å². The van der Waals surface area contributed by atoms with Gasteiger partial charge in [-0.15, -0.1) is 0 Å². The molecule has 0 unspecified atom stereocenters. The van der Waals surface area contributed by atoms with Gasteiger partial charge in [-0.1, -0.05) is 121 Å². The van der Waals surface area contributed by atoms with Crippen LogP contribution in [-0.2, 0) is 0 Å². The normalized spacial score (nSPS) is 11.5. The van der Waals surface area contributed by atoms with E-state index in [1.54, 1.807) is 0 Å². The van der Waals surface area contributed by atoms with Crippen molar-refractivity contribution < 1.29 is 4.42 Å². The van der Waals surface area contributed by atoms with Crippen LogP contribution in [0.1, 0.15) is 0 Å². The van der Waals surface area contributed by atoms with Gasteiger partial charge in [0.2, 0.25) is 5.89 Å². The largest absolute Gasteiger partial charge is 0.435 e. The zero-order valence-electron chi connectivity index (χ0n) is 33.6. The summed E-state index contributed by atoms with van der Waals surface area (Å²) >= 11 is 0. The maximum absolute atomic E-state index is 6.61. The summed E-state index contributed by atoms with van der Waals surface area (Å²) in [4.78, 5) is 9.64. The van der Waals surface area contributed by atoms with Crippen LogP contribution in [0.3, 0.4) is 0 Å². The van der Waals surface area contributed by atoms with Gasteiger partial charge in [0.05, 0.1) is 11.0 Å². The number of benzene rings is 10. The topological polar surface area (TPSA) is 37.4 Å². The van der Waals surface area contributed by atoms with Gasteiger partial charge in [-0.3, -0.25) is 0 Å². The molecule has 0 saturated heterocycles. The van der Waals surface area contributed by atoms with E-state index in [1.807, 2.05) is 30.3 Å². The fourth-order valence-corrected chi connectivity index (χ4v) is 9.13. The van der Waals surface area contributed by atoms with Crippen molar-refractivity contribution in [2.75, 3.05) is 9.80 Å². The molecule has 0 atom stereocenters. The molecule has 62 heavy (non-hydrogen) atoms. The van der Waals surface area contributed by atoms with E-state index in [9.17, 15) is 0 Å². The van der Waals surface area contributed by atoms with Gasteiger partial charge in [-0.2, -0.15) is 0 Å². The number of para-hydroxylation sites is 4. The highest BCUT2D eigenvalue weighted by atomic mass is 16.3. The van der Waals surface area contributed by atoms with E-state index in [-0.39, 0.29) is 0 Å². The molecule has 0 radical (unpaired) electrons. The predicted octanol–water partition coefficient (Wildman–Crippen LogP) is 15.8. The van der Waals surface area contributed by atoms with Crippen LogP contribution >= 0.6 is 0 Å². The van der Waals surface area contributed by atoms with Gasteiger partial charge in [-0.25, -0.2) is 4.98 Å². The number of fused-ring (bicyclic) bond motifs is 8. The third kappa shape index (κ3) is 5.98. The van der Waals surface area contributed by atoms with E-state index in [4.69, 9.17) is 9.40 Å². The van der Waals surface area contributed by atoms with Crippen molar-refractivity contribution in [3.05, 3.63) is 231 Å². The lowest BCUT2D eigenvalue weighted by Gasteiger charge is -2.29. The van der Waals surface area contributed by atoms with Crippen LogP contribution in [-0.4, -0.2) is 9.55 Å². The number of hydrogen-bond acceptors (Lipinski definition) is 4. The van der Waals surface area contributed by atoms with E-state index in [0.29, 0.717) is 5.89 Å². The van der Waals surface area contributed by atoms with Crippen LogP contribution in [0, 0.1) is 0 Å². The number of oxazole rings is 1. The number of rotatable bonds is 8. The summed E-state index contributed by atoms with van der Waals surface area (Å²) in [7, 11) is 0. The molecule has 0 N–H and O–H groups in total. The molecule has 0 amide bonds. The summed E-state index contributed by atoms with van der Waals surface area (Å²) in [5, 5.41) is 6.81. The highest BCUT2D eigenvalue weighted by Crippen LogP contribution is 2.44. The summed E-state index contributed by atoms with van der Waals surface area (Å²) in [5.74, 6) is 0.619. The minimum Gasteiger partial charge on any atom is -0.435 e. The Labute approximate surface area is 358 Å². The first-order valence-corrected chi connectivity index (χ1v) is 21.0. The summed E-state index contributed by atoms with van der Waals surface area (Å²) in [6.07, 6.45) is 0. The summed E-state index contributed by atoms with van der Waals surface area (Å²) in [6.45, 7) is 0. The van der Waals surface area contributed by atoms with E-state index >= 15 is 0 Å². The zero-order valence-corrected chi connectivity index (χ0v) is 33.6. The van der Waals surface area contributed by atoms with Crippen LogP contribution in [0.25, 0.3) is 71.6 Å². The quantitative estimate of drug-likeness (QED) is 0.144. The average Bonchev–Trinajstić information content (AvgIpc) is 3.93. The van der Waals surface area contributed by atoms with Gasteiger partial charge < -0.3 is 18.8 Å². The third-order valence-corrected chi connectivity index (χ3v) is 11.9. The molecule has 12 aromatic rings. The van der Waals surface area contributed by atoms with Crippen LogP contribution in [0.4, 0.5) is 34.1 Å². The maximum atomic E-state index is 6.61. The van der Waals surface area contributed by atoms with Crippen molar-refractivity contribution >= 4 is 88.6 Å². The number of aromatic nitrogens is 2. The van der Waals surface area contributed by atoms with Crippen molar-refractivity contribution in [2.24, 2.45) is 0 Å². The molecule has 5 nitrogen and oxygen atoms in total. The highest BCUT2D eigenvalue weighted by molar-refractivity contribution is 6.19. The van der Waals surface area contributed by atoms with Crippen molar-refractivity contribution in [1.82, 2.24) is 9.55 Å². The van der Waals surface area contributed by atoms with E-state index in [2.05, 4.69) is 215 Å². The second-order valence-electron chi connectivity index (χ2n) is 15.6. The highest BCUT2D eigenvalue weighted by Gasteiger charge is 2.21. The van der Waals surface area contributed by atoms with Crippen molar-refractivity contribution in [3.8, 4) is 17.1 Å². The van der Waals surface area contributed by atoms with Crippen LogP contribution < -0.4 is 9.80 Å². The lowest BCUT2D eigenvalue weighted by molar-refractivity contribution is 0.623. The Morgan fingerprint density at radius 3 is 1.60 bits per heavy atom. The lowest BCUT2D eigenvalue weighted by atomic mass is 10.00. The second-order valence-corrected chi connectivity index (χ2v) is 15.6. The summed E-state index contributed by atoms with van der Waals surface area (Å²) in [5.41, 5.74) is 12.4. The Hall–Kier alpha value is -8.41. The maximum Gasteiger partial charge on any atom is 0.227 e. The van der Waals surface area contributed by atoms with Gasteiger partial charge in [0, 0.05) is 61.5 Å². The fraction of sp³-hybridized carbons (Fsp3) is 0. The van der Waals surface area contributed by atoms with E-state index in [1.165, 1.54) is 21.8 Å². The van der Waals surface area contributed by atoms with Crippen molar-refractivity contribution in [3.63, 3.8) is 0 Å². The Balaban J connectivity index is 1.03. The molecule has 0 saturated carbocycles. The van der Waals surface area contributed by atoms with Crippen molar-refractivity contribution in [2.45, 2.75) is 0 Å².